The van der Waals surface area contributed by atoms with Gasteiger partial charge in [0.05, 0.1) is 6.61 Å². The Labute approximate surface area is 118 Å². The molecule has 0 aliphatic heterocycles. The zero-order chi connectivity index (χ0) is 14.1. The minimum Gasteiger partial charge on any atom is -0.493 e. The highest BCUT2D eigenvalue weighted by molar-refractivity contribution is 5.27. The third-order valence-electron chi connectivity index (χ3n) is 3.57. The zero-order valence-electron chi connectivity index (χ0n) is 12.9. The van der Waals surface area contributed by atoms with Gasteiger partial charge in [-0.25, -0.2) is 0 Å². The molecule has 0 saturated carbocycles. The number of hydrogen-bond donors (Lipinski definition) is 1. The summed E-state index contributed by atoms with van der Waals surface area (Å²) in [5.41, 5.74) is 1.39. The summed E-state index contributed by atoms with van der Waals surface area (Å²) < 4.78 is 5.77. The second kappa shape index (κ2) is 8.98. The number of aryl methyl sites for hydroxylation is 1. The van der Waals surface area contributed by atoms with E-state index in [-0.39, 0.29) is 0 Å². The third kappa shape index (κ3) is 6.63. The van der Waals surface area contributed by atoms with E-state index < -0.39 is 0 Å². The number of ether oxygens (including phenoxy) is 1. The van der Waals surface area contributed by atoms with E-state index in [1.54, 1.807) is 0 Å². The summed E-state index contributed by atoms with van der Waals surface area (Å²) in [6, 6.07) is 9.15. The van der Waals surface area contributed by atoms with Crippen LogP contribution in [-0.4, -0.2) is 19.2 Å². The van der Waals surface area contributed by atoms with Gasteiger partial charge in [-0.1, -0.05) is 39.3 Å². The normalized spacial score (nSPS) is 14.1. The molecule has 108 valence electrons. The molecule has 0 aromatic heterocycles. The molecule has 1 N–H and O–H groups in total. The summed E-state index contributed by atoms with van der Waals surface area (Å²) in [4.78, 5) is 0. The van der Waals surface area contributed by atoms with Crippen LogP contribution in [0.4, 0.5) is 0 Å². The predicted octanol–water partition coefficient (Wildman–Crippen LogP) is 4.04. The van der Waals surface area contributed by atoms with Crippen LogP contribution < -0.4 is 10.1 Å². The van der Waals surface area contributed by atoms with E-state index in [9.17, 15) is 0 Å². The SMILES string of the molecule is CCNC(C)CCc1ccc(OCC(C)CC)cc1. The van der Waals surface area contributed by atoms with Gasteiger partial charge in [0, 0.05) is 6.04 Å². The van der Waals surface area contributed by atoms with E-state index in [2.05, 4.69) is 57.3 Å². The fourth-order valence-corrected chi connectivity index (χ4v) is 1.94. The first-order valence-electron chi connectivity index (χ1n) is 7.60. The maximum Gasteiger partial charge on any atom is 0.119 e. The molecule has 2 atom stereocenters. The molecule has 19 heavy (non-hydrogen) atoms. The van der Waals surface area contributed by atoms with Gasteiger partial charge < -0.3 is 10.1 Å². The van der Waals surface area contributed by atoms with Crippen LogP contribution in [0.15, 0.2) is 24.3 Å². The van der Waals surface area contributed by atoms with Crippen LogP contribution >= 0.6 is 0 Å². The molecule has 0 heterocycles. The molecule has 0 saturated heterocycles. The highest BCUT2D eigenvalue weighted by atomic mass is 16.5. The fraction of sp³-hybridized carbons (Fsp3) is 0.647. The highest BCUT2D eigenvalue weighted by Gasteiger charge is 2.02. The Kier molecular flexibility index (Phi) is 7.57. The Hall–Kier alpha value is -1.02. The second-order valence-electron chi connectivity index (χ2n) is 5.47. The zero-order valence-corrected chi connectivity index (χ0v) is 12.9. The topological polar surface area (TPSA) is 21.3 Å². The maximum absolute atomic E-state index is 5.77. The molecule has 0 radical (unpaired) electrons. The van der Waals surface area contributed by atoms with Crippen molar-refractivity contribution in [2.45, 2.75) is 53.0 Å². The lowest BCUT2D eigenvalue weighted by molar-refractivity contribution is 0.256. The van der Waals surface area contributed by atoms with Crippen molar-refractivity contribution in [2.75, 3.05) is 13.2 Å². The van der Waals surface area contributed by atoms with Crippen LogP contribution in [0.1, 0.15) is 46.1 Å². The van der Waals surface area contributed by atoms with E-state index in [0.29, 0.717) is 12.0 Å². The third-order valence-corrected chi connectivity index (χ3v) is 3.57. The lowest BCUT2D eigenvalue weighted by Gasteiger charge is -2.13. The Morgan fingerprint density at radius 1 is 1.11 bits per heavy atom. The van der Waals surface area contributed by atoms with E-state index >= 15 is 0 Å². The van der Waals surface area contributed by atoms with Crippen molar-refractivity contribution >= 4 is 0 Å². The van der Waals surface area contributed by atoms with Crippen LogP contribution in [0.3, 0.4) is 0 Å². The predicted molar refractivity (Wildman–Crippen MR) is 82.9 cm³/mol. The van der Waals surface area contributed by atoms with E-state index in [1.165, 1.54) is 18.4 Å². The standard InChI is InChI=1S/C17H29NO/c1-5-14(3)13-19-17-11-9-16(10-12-17)8-7-15(4)18-6-2/h9-12,14-15,18H,5-8,13H2,1-4H3. The molecule has 2 heteroatoms. The molecule has 0 bridgehead atoms. The molecule has 2 nitrogen and oxygen atoms in total. The van der Waals surface area contributed by atoms with Gasteiger partial charge in [0.1, 0.15) is 5.75 Å². The molecule has 0 aliphatic rings. The Balaban J connectivity index is 2.34. The molecule has 0 fully saturated rings. The van der Waals surface area contributed by atoms with Gasteiger partial charge >= 0.3 is 0 Å². The number of rotatable bonds is 9. The van der Waals surface area contributed by atoms with Gasteiger partial charge in [0.25, 0.3) is 0 Å². The summed E-state index contributed by atoms with van der Waals surface area (Å²) in [7, 11) is 0. The largest absolute Gasteiger partial charge is 0.493 e. The van der Waals surface area contributed by atoms with Crippen molar-refractivity contribution in [2.24, 2.45) is 5.92 Å². The summed E-state index contributed by atoms with van der Waals surface area (Å²) in [5.74, 6) is 1.62. The minimum absolute atomic E-state index is 0.589. The van der Waals surface area contributed by atoms with E-state index in [4.69, 9.17) is 4.74 Å². The van der Waals surface area contributed by atoms with Crippen LogP contribution in [0, 0.1) is 5.92 Å². The average Bonchev–Trinajstić information content (AvgIpc) is 2.44. The van der Waals surface area contributed by atoms with Crippen molar-refractivity contribution < 1.29 is 4.74 Å². The summed E-state index contributed by atoms with van der Waals surface area (Å²) in [6.07, 6.45) is 3.47. The van der Waals surface area contributed by atoms with Crippen molar-refractivity contribution in [3.8, 4) is 5.75 Å². The van der Waals surface area contributed by atoms with Gasteiger partial charge in [0.2, 0.25) is 0 Å². The second-order valence-corrected chi connectivity index (χ2v) is 5.47. The molecule has 0 amide bonds. The molecule has 1 rings (SSSR count). The molecule has 0 aliphatic carbocycles. The van der Waals surface area contributed by atoms with Crippen LogP contribution in [0.2, 0.25) is 0 Å². The van der Waals surface area contributed by atoms with Crippen molar-refractivity contribution in [1.29, 1.82) is 0 Å². The maximum atomic E-state index is 5.77. The molecular formula is C17H29NO. The lowest BCUT2D eigenvalue weighted by Crippen LogP contribution is -2.25. The Morgan fingerprint density at radius 2 is 1.79 bits per heavy atom. The smallest absolute Gasteiger partial charge is 0.119 e. The summed E-state index contributed by atoms with van der Waals surface area (Å²) in [6.45, 7) is 10.7. The minimum atomic E-state index is 0.589. The van der Waals surface area contributed by atoms with Gasteiger partial charge in [0.15, 0.2) is 0 Å². The van der Waals surface area contributed by atoms with E-state index in [0.717, 1.165) is 25.3 Å². The molecule has 0 spiro atoms. The van der Waals surface area contributed by atoms with Crippen molar-refractivity contribution in [3.05, 3.63) is 29.8 Å². The van der Waals surface area contributed by atoms with Crippen LogP contribution in [0.5, 0.6) is 5.75 Å². The molecular weight excluding hydrogens is 234 g/mol. The summed E-state index contributed by atoms with van der Waals surface area (Å²) in [5, 5.41) is 3.44. The van der Waals surface area contributed by atoms with Crippen LogP contribution in [-0.2, 0) is 6.42 Å². The Bertz CT molecular complexity index is 334. The quantitative estimate of drug-likeness (QED) is 0.726. The summed E-state index contributed by atoms with van der Waals surface area (Å²) >= 11 is 0. The van der Waals surface area contributed by atoms with Gasteiger partial charge in [-0.05, 0) is 49.9 Å². The van der Waals surface area contributed by atoms with Crippen LogP contribution in [0.25, 0.3) is 0 Å². The average molecular weight is 263 g/mol. The van der Waals surface area contributed by atoms with E-state index in [1.807, 2.05) is 0 Å². The monoisotopic (exact) mass is 263 g/mol. The number of nitrogens with one attached hydrogen (secondary N) is 1. The van der Waals surface area contributed by atoms with Crippen molar-refractivity contribution in [3.63, 3.8) is 0 Å². The first-order chi connectivity index (χ1) is 9.15. The van der Waals surface area contributed by atoms with Crippen molar-refractivity contribution in [1.82, 2.24) is 5.32 Å². The first kappa shape index (κ1) is 16.0. The number of benzene rings is 1. The molecule has 2 unspecified atom stereocenters. The fourth-order valence-electron chi connectivity index (χ4n) is 1.94. The first-order valence-corrected chi connectivity index (χ1v) is 7.60. The van der Waals surface area contributed by atoms with Gasteiger partial charge in [-0.2, -0.15) is 0 Å². The number of hydrogen-bond acceptors (Lipinski definition) is 2. The lowest BCUT2D eigenvalue weighted by atomic mass is 10.1. The van der Waals surface area contributed by atoms with Gasteiger partial charge in [-0.3, -0.25) is 0 Å². The molecule has 1 aromatic rings. The Morgan fingerprint density at radius 3 is 2.37 bits per heavy atom. The van der Waals surface area contributed by atoms with Gasteiger partial charge in [-0.15, -0.1) is 0 Å². The molecule has 1 aromatic carbocycles. The highest BCUT2D eigenvalue weighted by Crippen LogP contribution is 2.15.